The number of nitrogens with one attached hydrogen (secondary N) is 2. The third-order valence-corrected chi connectivity index (χ3v) is 5.86. The lowest BCUT2D eigenvalue weighted by Gasteiger charge is -2.22. The number of carboxylic acids is 1. The number of nitrogens with zero attached hydrogens (tertiary/aromatic N) is 2. The molecule has 0 saturated heterocycles. The van der Waals surface area contributed by atoms with Crippen LogP contribution in [-0.4, -0.2) is 53.4 Å². The number of anilines is 1. The summed E-state index contributed by atoms with van der Waals surface area (Å²) in [6.07, 6.45) is 2.24. The van der Waals surface area contributed by atoms with Crippen molar-refractivity contribution in [2.24, 2.45) is 5.92 Å². The Balaban J connectivity index is 1.70. The second kappa shape index (κ2) is 12.7. The van der Waals surface area contributed by atoms with Crippen LogP contribution in [0, 0.1) is 5.92 Å². The minimum Gasteiger partial charge on any atom is -0.481 e. The van der Waals surface area contributed by atoms with Gasteiger partial charge in [-0.3, -0.25) is 14.4 Å². The fourth-order valence-corrected chi connectivity index (χ4v) is 3.90. The summed E-state index contributed by atoms with van der Waals surface area (Å²) in [5.41, 5.74) is 4.25. The zero-order chi connectivity index (χ0) is 26.9. The first-order valence-corrected chi connectivity index (χ1v) is 12.3. The van der Waals surface area contributed by atoms with E-state index in [1.807, 2.05) is 24.3 Å². The van der Waals surface area contributed by atoms with Gasteiger partial charge in [-0.15, -0.1) is 0 Å². The number of hydrogen-bond acceptors (Lipinski definition) is 5. The van der Waals surface area contributed by atoms with Crippen LogP contribution >= 0.6 is 0 Å². The second-order valence-corrected chi connectivity index (χ2v) is 9.56. The first kappa shape index (κ1) is 27.4. The molecule has 0 radical (unpaired) electrons. The van der Waals surface area contributed by atoms with Gasteiger partial charge < -0.3 is 20.6 Å². The minimum atomic E-state index is -0.961. The number of rotatable bonds is 11. The van der Waals surface area contributed by atoms with E-state index in [9.17, 15) is 14.4 Å². The molecule has 0 fully saturated rings. The van der Waals surface area contributed by atoms with Crippen molar-refractivity contribution >= 4 is 23.6 Å². The van der Waals surface area contributed by atoms with Gasteiger partial charge in [-0.2, -0.15) is 0 Å². The predicted octanol–water partition coefficient (Wildman–Crippen LogP) is 4.85. The van der Waals surface area contributed by atoms with Crippen molar-refractivity contribution in [2.75, 3.05) is 26.0 Å². The lowest BCUT2D eigenvalue weighted by molar-refractivity contribution is -0.136. The number of aromatic nitrogens is 1. The van der Waals surface area contributed by atoms with Crippen LogP contribution in [0.15, 0.2) is 66.9 Å². The molecule has 0 bridgehead atoms. The summed E-state index contributed by atoms with van der Waals surface area (Å²) in [5.74, 6) is -0.244. The Morgan fingerprint density at radius 1 is 0.892 bits per heavy atom. The largest absolute Gasteiger partial charge is 0.481 e. The molecule has 3 aromatic rings. The van der Waals surface area contributed by atoms with Gasteiger partial charge in [0.1, 0.15) is 5.82 Å². The highest BCUT2D eigenvalue weighted by Gasteiger charge is 2.15. The molecule has 3 N–H and O–H groups in total. The molecule has 0 aliphatic carbocycles. The fraction of sp³-hybridized carbons (Fsp3) is 0.310. The zero-order valence-corrected chi connectivity index (χ0v) is 21.7. The van der Waals surface area contributed by atoms with E-state index in [2.05, 4.69) is 53.7 Å². The fourth-order valence-electron chi connectivity index (χ4n) is 3.90. The van der Waals surface area contributed by atoms with Crippen LogP contribution in [0.1, 0.15) is 59.0 Å². The molecule has 0 saturated carbocycles. The topological polar surface area (TPSA) is 112 Å². The van der Waals surface area contributed by atoms with E-state index in [4.69, 9.17) is 5.11 Å². The summed E-state index contributed by atoms with van der Waals surface area (Å²) in [4.78, 5) is 40.9. The molecule has 1 heterocycles. The Labute approximate surface area is 217 Å². The normalized spacial score (nSPS) is 11.6. The van der Waals surface area contributed by atoms with Crippen LogP contribution in [0.5, 0.6) is 0 Å². The van der Waals surface area contributed by atoms with E-state index in [1.54, 1.807) is 31.1 Å². The number of hydrogen-bond donors (Lipinski definition) is 3. The number of benzene rings is 2. The average molecular weight is 503 g/mol. The van der Waals surface area contributed by atoms with Crippen LogP contribution < -0.4 is 10.6 Å². The van der Waals surface area contributed by atoms with Gasteiger partial charge in [0.2, 0.25) is 0 Å². The van der Waals surface area contributed by atoms with Crippen LogP contribution in [0.4, 0.5) is 5.82 Å². The molecule has 3 rings (SSSR count). The molecule has 1 unspecified atom stereocenters. The quantitative estimate of drug-likeness (QED) is 0.345. The number of carbonyl (C=O) groups excluding carboxylic acids is 2. The SMILES string of the molecule is CC(C)CC(Nc1ccc(C(=O)NCCC(=O)O)cn1)c1ccc(-c2ccc(C(=O)N(C)C)cc2)cc1. The Hall–Kier alpha value is -4.20. The molecule has 1 aromatic heterocycles. The van der Waals surface area contributed by atoms with Gasteiger partial charge in [-0.25, -0.2) is 4.98 Å². The third-order valence-electron chi connectivity index (χ3n) is 5.86. The van der Waals surface area contributed by atoms with Gasteiger partial charge in [-0.05, 0) is 53.3 Å². The molecule has 0 aliphatic rings. The molecular weight excluding hydrogens is 468 g/mol. The van der Waals surface area contributed by atoms with Crippen molar-refractivity contribution in [1.82, 2.24) is 15.2 Å². The zero-order valence-electron chi connectivity index (χ0n) is 21.7. The van der Waals surface area contributed by atoms with Gasteiger partial charge in [0.25, 0.3) is 11.8 Å². The van der Waals surface area contributed by atoms with E-state index >= 15 is 0 Å². The average Bonchev–Trinajstić information content (AvgIpc) is 2.88. The van der Waals surface area contributed by atoms with Gasteiger partial charge in [0, 0.05) is 32.4 Å². The Morgan fingerprint density at radius 2 is 1.49 bits per heavy atom. The first-order valence-electron chi connectivity index (χ1n) is 12.3. The lowest BCUT2D eigenvalue weighted by Crippen LogP contribution is -2.26. The predicted molar refractivity (Wildman–Crippen MR) is 145 cm³/mol. The molecular formula is C29H34N4O4. The summed E-state index contributed by atoms with van der Waals surface area (Å²) in [5, 5.41) is 14.8. The molecule has 8 nitrogen and oxygen atoms in total. The van der Waals surface area contributed by atoms with Crippen molar-refractivity contribution in [3.63, 3.8) is 0 Å². The molecule has 2 amide bonds. The van der Waals surface area contributed by atoms with Gasteiger partial charge in [-0.1, -0.05) is 50.2 Å². The van der Waals surface area contributed by atoms with Crippen LogP contribution in [0.2, 0.25) is 0 Å². The summed E-state index contributed by atoms with van der Waals surface area (Å²) in [6.45, 7) is 4.40. The summed E-state index contributed by atoms with van der Waals surface area (Å²) < 4.78 is 0. The number of amides is 2. The summed E-state index contributed by atoms with van der Waals surface area (Å²) >= 11 is 0. The molecule has 37 heavy (non-hydrogen) atoms. The number of pyridine rings is 1. The van der Waals surface area contributed by atoms with Gasteiger partial charge in [0.15, 0.2) is 0 Å². The van der Waals surface area contributed by atoms with E-state index in [0.29, 0.717) is 22.9 Å². The van der Waals surface area contributed by atoms with Crippen molar-refractivity contribution in [3.8, 4) is 11.1 Å². The highest BCUT2D eigenvalue weighted by Crippen LogP contribution is 2.28. The van der Waals surface area contributed by atoms with E-state index < -0.39 is 5.97 Å². The molecule has 0 aliphatic heterocycles. The third kappa shape index (κ3) is 7.90. The summed E-state index contributed by atoms with van der Waals surface area (Å²) in [6, 6.07) is 19.4. The summed E-state index contributed by atoms with van der Waals surface area (Å²) in [7, 11) is 3.48. The van der Waals surface area contributed by atoms with Crippen molar-refractivity contribution < 1.29 is 19.5 Å². The van der Waals surface area contributed by atoms with Crippen molar-refractivity contribution in [3.05, 3.63) is 83.6 Å². The van der Waals surface area contributed by atoms with Crippen molar-refractivity contribution in [2.45, 2.75) is 32.7 Å². The Kier molecular flexibility index (Phi) is 9.38. The lowest BCUT2D eigenvalue weighted by atomic mass is 9.94. The number of carboxylic acid groups (broad SMARTS) is 1. The Bertz CT molecular complexity index is 1200. The smallest absolute Gasteiger partial charge is 0.305 e. The maximum atomic E-state index is 12.2. The van der Waals surface area contributed by atoms with Crippen LogP contribution in [0.25, 0.3) is 11.1 Å². The Morgan fingerprint density at radius 3 is 2.00 bits per heavy atom. The van der Waals surface area contributed by atoms with E-state index in [-0.39, 0.29) is 30.8 Å². The first-order chi connectivity index (χ1) is 17.6. The highest BCUT2D eigenvalue weighted by molar-refractivity contribution is 5.94. The maximum absolute atomic E-state index is 12.2. The van der Waals surface area contributed by atoms with Crippen molar-refractivity contribution in [1.29, 1.82) is 0 Å². The van der Waals surface area contributed by atoms with E-state index in [1.165, 1.54) is 6.20 Å². The maximum Gasteiger partial charge on any atom is 0.305 e. The number of carbonyl (C=O) groups is 3. The van der Waals surface area contributed by atoms with Crippen LogP contribution in [0.3, 0.4) is 0 Å². The van der Waals surface area contributed by atoms with Gasteiger partial charge in [0.05, 0.1) is 18.0 Å². The molecule has 8 heteroatoms. The van der Waals surface area contributed by atoms with Crippen LogP contribution in [-0.2, 0) is 4.79 Å². The minimum absolute atomic E-state index is 0.0232. The molecule has 1 atom stereocenters. The highest BCUT2D eigenvalue weighted by atomic mass is 16.4. The monoisotopic (exact) mass is 502 g/mol. The standard InChI is InChI=1S/C29H34N4O4/c1-19(2)17-25(32-26-14-13-24(18-31-26)28(36)30-16-15-27(34)35)22-9-5-20(6-10-22)21-7-11-23(12-8-21)29(37)33(3)4/h5-14,18-19,25H,15-17H2,1-4H3,(H,30,36)(H,31,32)(H,34,35). The van der Waals surface area contributed by atoms with E-state index in [0.717, 1.165) is 23.1 Å². The molecule has 0 spiro atoms. The molecule has 2 aromatic carbocycles. The molecule has 194 valence electrons. The second-order valence-electron chi connectivity index (χ2n) is 9.56. The van der Waals surface area contributed by atoms with Gasteiger partial charge >= 0.3 is 5.97 Å². The number of aliphatic carboxylic acids is 1.